The Morgan fingerprint density at radius 3 is 2.55 bits per heavy atom. The first-order valence-corrected chi connectivity index (χ1v) is 6.47. The van der Waals surface area contributed by atoms with E-state index in [4.69, 9.17) is 0 Å². The summed E-state index contributed by atoms with van der Waals surface area (Å²) in [6, 6.07) is 13.7. The van der Waals surface area contributed by atoms with Gasteiger partial charge in [0.2, 0.25) is 0 Å². The molecule has 0 bridgehead atoms. The fraction of sp³-hybridized carbons (Fsp3) is 0.400. The molecule has 0 unspecified atom stereocenters. The fourth-order valence-corrected chi connectivity index (χ4v) is 2.72. The van der Waals surface area contributed by atoms with E-state index in [-0.39, 0.29) is 9.52 Å². The largest absolute Gasteiger partial charge is 0.0657 e. The molecule has 0 heterocycles. The minimum Gasteiger partial charge on any atom is -0.0657 e. The average molecular weight is 164 g/mol. The van der Waals surface area contributed by atoms with Crippen LogP contribution in [-0.2, 0) is 6.04 Å². The molecule has 0 aliphatic carbocycles. The molecular weight excluding hydrogens is 148 g/mol. The van der Waals surface area contributed by atoms with Crippen LogP contribution in [0, 0.1) is 0 Å². The molecule has 0 fully saturated rings. The van der Waals surface area contributed by atoms with Crippen LogP contribution in [-0.4, -0.2) is 9.52 Å². The molecule has 1 aromatic rings. The zero-order valence-electron chi connectivity index (χ0n) is 7.22. The Hall–Kier alpha value is -0.563. The van der Waals surface area contributed by atoms with E-state index >= 15 is 0 Å². The number of hydrogen-bond donors (Lipinski definition) is 0. The lowest BCUT2D eigenvalue weighted by atomic mass is 10.2. The van der Waals surface area contributed by atoms with Crippen molar-refractivity contribution >= 4 is 9.52 Å². The van der Waals surface area contributed by atoms with Crippen LogP contribution in [0.5, 0.6) is 0 Å². The smallest absolute Gasteiger partial charge is 0.0247 e. The second-order valence-corrected chi connectivity index (χ2v) is 4.86. The van der Waals surface area contributed by atoms with E-state index in [9.17, 15) is 0 Å². The minimum absolute atomic E-state index is 0.213. The zero-order valence-corrected chi connectivity index (χ0v) is 8.63. The Bertz CT molecular complexity index is 181. The molecule has 0 saturated heterocycles. The Balaban J connectivity index is 2.28. The van der Waals surface area contributed by atoms with E-state index in [1.807, 2.05) is 0 Å². The monoisotopic (exact) mass is 164 g/mol. The Morgan fingerprint density at radius 2 is 1.91 bits per heavy atom. The van der Waals surface area contributed by atoms with Gasteiger partial charge in [0.1, 0.15) is 0 Å². The average Bonchev–Trinajstić information content (AvgIpc) is 2.07. The van der Waals surface area contributed by atoms with Gasteiger partial charge in [-0.15, -0.1) is 0 Å². The maximum atomic E-state index is 2.28. The van der Waals surface area contributed by atoms with Crippen molar-refractivity contribution in [2.45, 2.75) is 25.4 Å². The first-order chi connectivity index (χ1) is 5.43. The van der Waals surface area contributed by atoms with Gasteiger partial charge in [-0.05, 0) is 6.04 Å². The predicted octanol–water partition coefficient (Wildman–Crippen LogP) is 2.18. The molecule has 11 heavy (non-hydrogen) atoms. The van der Waals surface area contributed by atoms with Crippen molar-refractivity contribution in [2.75, 3.05) is 0 Å². The van der Waals surface area contributed by atoms with E-state index in [1.165, 1.54) is 24.1 Å². The van der Waals surface area contributed by atoms with E-state index in [2.05, 4.69) is 37.3 Å². The summed E-state index contributed by atoms with van der Waals surface area (Å²) in [7, 11) is 0.213. The van der Waals surface area contributed by atoms with E-state index < -0.39 is 0 Å². The van der Waals surface area contributed by atoms with Crippen LogP contribution in [0.1, 0.15) is 18.9 Å². The van der Waals surface area contributed by atoms with Crippen LogP contribution in [0.2, 0.25) is 6.04 Å². The third-order valence-corrected chi connectivity index (χ3v) is 4.05. The Morgan fingerprint density at radius 1 is 1.18 bits per heavy atom. The van der Waals surface area contributed by atoms with Gasteiger partial charge in [-0.25, -0.2) is 0 Å². The van der Waals surface area contributed by atoms with Crippen LogP contribution in [0.4, 0.5) is 0 Å². The van der Waals surface area contributed by atoms with E-state index in [0.717, 1.165) is 0 Å². The topological polar surface area (TPSA) is 0 Å². The van der Waals surface area contributed by atoms with Crippen LogP contribution in [0.25, 0.3) is 0 Å². The third kappa shape index (κ3) is 3.37. The highest BCUT2D eigenvalue weighted by atomic mass is 28.2. The molecule has 1 heteroatoms. The van der Waals surface area contributed by atoms with Crippen molar-refractivity contribution in [2.24, 2.45) is 0 Å². The van der Waals surface area contributed by atoms with Crippen molar-refractivity contribution in [3.05, 3.63) is 35.9 Å². The maximum absolute atomic E-state index is 2.28. The lowest BCUT2D eigenvalue weighted by molar-refractivity contribution is 1.06. The normalized spacial score (nSPS) is 11.0. The lowest BCUT2D eigenvalue weighted by Gasteiger charge is -1.97. The summed E-state index contributed by atoms with van der Waals surface area (Å²) < 4.78 is 0. The summed E-state index contributed by atoms with van der Waals surface area (Å²) in [6.45, 7) is 2.28. The predicted molar refractivity (Wildman–Crippen MR) is 53.8 cm³/mol. The Labute approximate surface area is 71.5 Å². The van der Waals surface area contributed by atoms with Crippen molar-refractivity contribution in [1.29, 1.82) is 0 Å². The van der Waals surface area contributed by atoms with Gasteiger partial charge in [-0.1, -0.05) is 55.3 Å². The SMILES string of the molecule is CCC[SiH2]Cc1ccccc1. The lowest BCUT2D eigenvalue weighted by Crippen LogP contribution is -1.94. The number of hydrogen-bond acceptors (Lipinski definition) is 0. The molecule has 0 spiro atoms. The van der Waals surface area contributed by atoms with E-state index in [1.54, 1.807) is 0 Å². The molecule has 0 N–H and O–H groups in total. The summed E-state index contributed by atoms with van der Waals surface area (Å²) in [6.07, 6.45) is 1.37. The second kappa shape index (κ2) is 5.14. The zero-order chi connectivity index (χ0) is 7.94. The highest BCUT2D eigenvalue weighted by Gasteiger charge is 1.90. The molecule has 0 saturated carbocycles. The summed E-state index contributed by atoms with van der Waals surface area (Å²) in [4.78, 5) is 0. The van der Waals surface area contributed by atoms with Crippen LogP contribution in [0.3, 0.4) is 0 Å². The van der Waals surface area contributed by atoms with Gasteiger partial charge in [-0.3, -0.25) is 0 Å². The molecule has 0 amide bonds. The molecule has 0 nitrogen and oxygen atoms in total. The highest BCUT2D eigenvalue weighted by molar-refractivity contribution is 6.34. The van der Waals surface area contributed by atoms with Gasteiger partial charge in [0.05, 0.1) is 0 Å². The minimum atomic E-state index is 0.213. The van der Waals surface area contributed by atoms with Gasteiger partial charge in [0.25, 0.3) is 0 Å². The molecule has 0 aliphatic rings. The highest BCUT2D eigenvalue weighted by Crippen LogP contribution is 1.99. The van der Waals surface area contributed by atoms with Crippen molar-refractivity contribution in [3.8, 4) is 0 Å². The number of benzene rings is 1. The summed E-state index contributed by atoms with van der Waals surface area (Å²) in [5.41, 5.74) is 1.53. The van der Waals surface area contributed by atoms with Crippen LogP contribution < -0.4 is 0 Å². The third-order valence-electron chi connectivity index (χ3n) is 1.91. The molecule has 1 aromatic carbocycles. The first kappa shape index (κ1) is 8.53. The van der Waals surface area contributed by atoms with Crippen molar-refractivity contribution < 1.29 is 0 Å². The molecule has 60 valence electrons. The molecule has 1 rings (SSSR count). The van der Waals surface area contributed by atoms with Gasteiger partial charge in [0.15, 0.2) is 0 Å². The molecule has 0 atom stereocenters. The maximum Gasteiger partial charge on any atom is 0.0247 e. The number of rotatable bonds is 4. The summed E-state index contributed by atoms with van der Waals surface area (Å²) in [5, 5.41) is 0. The van der Waals surface area contributed by atoms with Gasteiger partial charge >= 0.3 is 0 Å². The summed E-state index contributed by atoms with van der Waals surface area (Å²) in [5.74, 6) is 0. The summed E-state index contributed by atoms with van der Waals surface area (Å²) >= 11 is 0. The quantitative estimate of drug-likeness (QED) is 0.473. The van der Waals surface area contributed by atoms with Crippen molar-refractivity contribution in [1.82, 2.24) is 0 Å². The van der Waals surface area contributed by atoms with E-state index in [0.29, 0.717) is 0 Å². The molecular formula is C10H16Si. The standard InChI is InChI=1S/C10H16Si/c1-2-8-11-9-10-6-4-3-5-7-10/h3-7H,2,8-9,11H2,1H3. The fourth-order valence-electron chi connectivity index (χ4n) is 1.22. The van der Waals surface area contributed by atoms with Gasteiger partial charge < -0.3 is 0 Å². The van der Waals surface area contributed by atoms with Gasteiger partial charge in [-0.2, -0.15) is 0 Å². The van der Waals surface area contributed by atoms with Crippen LogP contribution >= 0.6 is 0 Å². The Kier molecular flexibility index (Phi) is 3.98. The molecule has 0 aliphatic heterocycles. The van der Waals surface area contributed by atoms with Crippen molar-refractivity contribution in [3.63, 3.8) is 0 Å². The first-order valence-electron chi connectivity index (χ1n) is 4.47. The second-order valence-electron chi connectivity index (χ2n) is 2.94. The molecule has 0 aromatic heterocycles. The molecule has 0 radical (unpaired) electrons. The van der Waals surface area contributed by atoms with Gasteiger partial charge in [0, 0.05) is 9.52 Å². The van der Waals surface area contributed by atoms with Crippen LogP contribution in [0.15, 0.2) is 30.3 Å².